The van der Waals surface area contributed by atoms with Crippen LogP contribution in [0.1, 0.15) is 40.5 Å². The van der Waals surface area contributed by atoms with Crippen LogP contribution in [0.3, 0.4) is 0 Å². The van der Waals surface area contributed by atoms with E-state index in [1.54, 1.807) is 20.8 Å². The van der Waals surface area contributed by atoms with Gasteiger partial charge in [-0.2, -0.15) is 0 Å². The second-order valence-corrected chi connectivity index (χ2v) is 4.67. The van der Waals surface area contributed by atoms with Crippen molar-refractivity contribution < 1.29 is 14.3 Å². The van der Waals surface area contributed by atoms with Crippen LogP contribution in [0.25, 0.3) is 0 Å². The zero-order valence-corrected chi connectivity index (χ0v) is 12.0. The largest absolute Gasteiger partial charge is 0.380 e. The van der Waals surface area contributed by atoms with Crippen molar-refractivity contribution in [3.8, 4) is 0 Å². The standard InChI is InChI=1S/C13H26N2O3/c1-5-11(16)13(3,4)15-12(17)7-9-18-10-8-14-6-2/h14H,5-10H2,1-4H3,(H,15,17). The summed E-state index contributed by atoms with van der Waals surface area (Å²) in [4.78, 5) is 23.2. The maximum Gasteiger partial charge on any atom is 0.223 e. The van der Waals surface area contributed by atoms with Gasteiger partial charge in [-0.3, -0.25) is 9.59 Å². The van der Waals surface area contributed by atoms with Gasteiger partial charge in [0.1, 0.15) is 0 Å². The quantitative estimate of drug-likeness (QED) is 0.571. The van der Waals surface area contributed by atoms with Gasteiger partial charge >= 0.3 is 0 Å². The van der Waals surface area contributed by atoms with Gasteiger partial charge in [0.2, 0.25) is 5.91 Å². The van der Waals surface area contributed by atoms with Crippen LogP contribution in [0, 0.1) is 0 Å². The summed E-state index contributed by atoms with van der Waals surface area (Å²) < 4.78 is 5.30. The van der Waals surface area contributed by atoms with Crippen molar-refractivity contribution in [3.05, 3.63) is 0 Å². The highest BCUT2D eigenvalue weighted by molar-refractivity contribution is 5.91. The number of nitrogens with one attached hydrogen (secondary N) is 2. The van der Waals surface area contributed by atoms with Crippen LogP contribution in [0.5, 0.6) is 0 Å². The Morgan fingerprint density at radius 1 is 1.17 bits per heavy atom. The minimum atomic E-state index is -0.782. The van der Waals surface area contributed by atoms with E-state index in [1.165, 1.54) is 0 Å². The molecule has 1 amide bonds. The van der Waals surface area contributed by atoms with Crippen molar-refractivity contribution in [1.82, 2.24) is 10.6 Å². The van der Waals surface area contributed by atoms with Gasteiger partial charge in [0.15, 0.2) is 5.78 Å². The number of ether oxygens (including phenoxy) is 1. The molecule has 18 heavy (non-hydrogen) atoms. The number of carbonyl (C=O) groups excluding carboxylic acids is 2. The molecule has 2 N–H and O–H groups in total. The van der Waals surface area contributed by atoms with Gasteiger partial charge in [-0.25, -0.2) is 0 Å². The molecule has 0 aliphatic heterocycles. The minimum Gasteiger partial charge on any atom is -0.380 e. The molecule has 5 heteroatoms. The Balaban J connectivity index is 3.74. The number of hydrogen-bond acceptors (Lipinski definition) is 4. The molecule has 0 atom stereocenters. The van der Waals surface area contributed by atoms with Gasteiger partial charge in [0.05, 0.1) is 18.8 Å². The molecule has 0 aromatic heterocycles. The molecule has 0 unspecified atom stereocenters. The second-order valence-electron chi connectivity index (χ2n) is 4.67. The molecule has 0 radical (unpaired) electrons. The zero-order chi connectivity index (χ0) is 14.0. The van der Waals surface area contributed by atoms with Gasteiger partial charge in [-0.05, 0) is 20.4 Å². The molecule has 0 heterocycles. The molecule has 0 saturated carbocycles. The van der Waals surface area contributed by atoms with Crippen LogP contribution in [-0.2, 0) is 14.3 Å². The number of carbonyl (C=O) groups is 2. The summed E-state index contributed by atoms with van der Waals surface area (Å²) in [5.41, 5.74) is -0.782. The zero-order valence-electron chi connectivity index (χ0n) is 12.0. The first-order valence-electron chi connectivity index (χ1n) is 6.56. The first kappa shape index (κ1) is 17.1. The molecular formula is C13H26N2O3. The predicted octanol–water partition coefficient (Wildman–Crippen LogP) is 0.877. The first-order chi connectivity index (χ1) is 8.44. The molecule has 0 bridgehead atoms. The lowest BCUT2D eigenvalue weighted by molar-refractivity contribution is -0.131. The second kappa shape index (κ2) is 9.05. The molecule has 0 aliphatic carbocycles. The maximum atomic E-state index is 11.6. The number of rotatable bonds is 10. The van der Waals surface area contributed by atoms with Gasteiger partial charge < -0.3 is 15.4 Å². The number of amides is 1. The average Bonchev–Trinajstić information content (AvgIpc) is 2.31. The SMILES string of the molecule is CCNCCOCCC(=O)NC(C)(C)C(=O)CC. The summed E-state index contributed by atoms with van der Waals surface area (Å²) in [7, 11) is 0. The van der Waals surface area contributed by atoms with Gasteiger partial charge in [-0.1, -0.05) is 13.8 Å². The van der Waals surface area contributed by atoms with Crippen molar-refractivity contribution in [2.24, 2.45) is 0 Å². The van der Waals surface area contributed by atoms with E-state index in [9.17, 15) is 9.59 Å². The molecule has 0 aromatic carbocycles. The minimum absolute atomic E-state index is 0.0314. The van der Waals surface area contributed by atoms with Crippen molar-refractivity contribution in [2.45, 2.75) is 46.1 Å². The molecule has 106 valence electrons. The Morgan fingerprint density at radius 3 is 2.39 bits per heavy atom. The number of Topliss-reactive ketones (excluding diaryl/α,β-unsaturated/α-hetero) is 1. The normalized spacial score (nSPS) is 11.3. The van der Waals surface area contributed by atoms with Crippen LogP contribution in [0.4, 0.5) is 0 Å². The first-order valence-corrected chi connectivity index (χ1v) is 6.56. The Bertz CT molecular complexity index is 265. The van der Waals surface area contributed by atoms with Crippen LogP contribution >= 0.6 is 0 Å². The smallest absolute Gasteiger partial charge is 0.223 e. The van der Waals surface area contributed by atoms with Gasteiger partial charge in [0, 0.05) is 19.4 Å². The molecule has 0 rings (SSSR count). The molecular weight excluding hydrogens is 232 g/mol. The number of hydrogen-bond donors (Lipinski definition) is 2. The lowest BCUT2D eigenvalue weighted by atomic mass is 9.97. The molecule has 0 spiro atoms. The number of likely N-dealkylation sites (N-methyl/N-ethyl adjacent to an activating group) is 1. The summed E-state index contributed by atoms with van der Waals surface area (Å²) in [5.74, 6) is -0.117. The van der Waals surface area contributed by atoms with E-state index in [0.29, 0.717) is 19.6 Å². The van der Waals surface area contributed by atoms with E-state index >= 15 is 0 Å². The monoisotopic (exact) mass is 258 g/mol. The third kappa shape index (κ3) is 7.40. The van der Waals surface area contributed by atoms with E-state index in [-0.39, 0.29) is 18.1 Å². The van der Waals surface area contributed by atoms with Crippen molar-refractivity contribution in [2.75, 3.05) is 26.3 Å². The summed E-state index contributed by atoms with van der Waals surface area (Å²) in [5, 5.41) is 5.85. The van der Waals surface area contributed by atoms with E-state index < -0.39 is 5.54 Å². The van der Waals surface area contributed by atoms with Crippen molar-refractivity contribution in [3.63, 3.8) is 0 Å². The maximum absolute atomic E-state index is 11.6. The molecule has 0 aliphatic rings. The predicted molar refractivity (Wildman–Crippen MR) is 71.5 cm³/mol. The fourth-order valence-electron chi connectivity index (χ4n) is 1.51. The van der Waals surface area contributed by atoms with Crippen LogP contribution in [-0.4, -0.2) is 43.5 Å². The highest BCUT2D eigenvalue weighted by atomic mass is 16.5. The van der Waals surface area contributed by atoms with Crippen LogP contribution in [0.2, 0.25) is 0 Å². The topological polar surface area (TPSA) is 67.4 Å². The van der Waals surface area contributed by atoms with E-state index in [2.05, 4.69) is 10.6 Å². The molecule has 0 fully saturated rings. The fraction of sp³-hybridized carbons (Fsp3) is 0.846. The summed E-state index contributed by atoms with van der Waals surface area (Å²) in [6, 6.07) is 0. The summed E-state index contributed by atoms with van der Waals surface area (Å²) >= 11 is 0. The Kier molecular flexibility index (Phi) is 8.58. The van der Waals surface area contributed by atoms with Crippen molar-refractivity contribution >= 4 is 11.7 Å². The van der Waals surface area contributed by atoms with E-state index in [1.807, 2.05) is 6.92 Å². The fourth-order valence-corrected chi connectivity index (χ4v) is 1.51. The number of ketones is 1. The van der Waals surface area contributed by atoms with E-state index in [4.69, 9.17) is 4.74 Å². The lowest BCUT2D eigenvalue weighted by Gasteiger charge is -2.24. The van der Waals surface area contributed by atoms with Crippen LogP contribution < -0.4 is 10.6 Å². The van der Waals surface area contributed by atoms with Gasteiger partial charge in [-0.15, -0.1) is 0 Å². The molecule has 0 saturated heterocycles. The van der Waals surface area contributed by atoms with Crippen molar-refractivity contribution in [1.29, 1.82) is 0 Å². The van der Waals surface area contributed by atoms with E-state index in [0.717, 1.165) is 13.1 Å². The Morgan fingerprint density at radius 2 is 1.83 bits per heavy atom. The third-order valence-electron chi connectivity index (χ3n) is 2.62. The van der Waals surface area contributed by atoms with Gasteiger partial charge in [0.25, 0.3) is 0 Å². The van der Waals surface area contributed by atoms with Crippen LogP contribution in [0.15, 0.2) is 0 Å². The molecule has 0 aromatic rings. The Labute approximate surface area is 110 Å². The Hall–Kier alpha value is -0.940. The highest BCUT2D eigenvalue weighted by Gasteiger charge is 2.27. The summed E-state index contributed by atoms with van der Waals surface area (Å²) in [6.07, 6.45) is 0.707. The lowest BCUT2D eigenvalue weighted by Crippen LogP contribution is -2.49. The average molecular weight is 258 g/mol. The summed E-state index contributed by atoms with van der Waals surface area (Å²) in [6.45, 7) is 9.95. The molecule has 5 nitrogen and oxygen atoms in total. The highest BCUT2D eigenvalue weighted by Crippen LogP contribution is 2.06. The third-order valence-corrected chi connectivity index (χ3v) is 2.62.